The molecule has 1 saturated heterocycles. The number of rotatable bonds is 4. The summed E-state index contributed by atoms with van der Waals surface area (Å²) >= 11 is 0. The highest BCUT2D eigenvalue weighted by molar-refractivity contribution is 5.90. The van der Waals surface area contributed by atoms with Gasteiger partial charge in [0.25, 0.3) is 0 Å². The number of pyridine rings is 1. The van der Waals surface area contributed by atoms with Crippen molar-refractivity contribution < 1.29 is 9.53 Å². The first kappa shape index (κ1) is 15.7. The van der Waals surface area contributed by atoms with Crippen LogP contribution in [0.25, 0.3) is 0 Å². The zero-order chi connectivity index (χ0) is 15.4. The van der Waals surface area contributed by atoms with E-state index in [2.05, 4.69) is 34.2 Å². The van der Waals surface area contributed by atoms with E-state index in [1.807, 2.05) is 13.0 Å². The Kier molecular flexibility index (Phi) is 5.14. The average molecular weight is 292 g/mol. The topological polar surface area (TPSA) is 57.7 Å². The largest absolute Gasteiger partial charge is 0.465 e. The van der Waals surface area contributed by atoms with Crippen LogP contribution in [-0.4, -0.2) is 74.2 Å². The molecule has 1 fully saturated rings. The SMILES string of the molecule is COC(=O)c1ccc(NCC2CN(C)CCN2C)nc1C. The van der Waals surface area contributed by atoms with Gasteiger partial charge in [-0.05, 0) is 33.2 Å². The number of esters is 1. The molecular weight excluding hydrogens is 268 g/mol. The standard InChI is InChI=1S/C15H24N4O2/c1-11-13(15(20)21-4)5-6-14(17-11)16-9-12-10-18(2)7-8-19(12)3/h5-6,12H,7-10H2,1-4H3,(H,16,17). The lowest BCUT2D eigenvalue weighted by Crippen LogP contribution is -2.52. The van der Waals surface area contributed by atoms with Crippen molar-refractivity contribution in [2.75, 3.05) is 52.7 Å². The fourth-order valence-electron chi connectivity index (χ4n) is 2.53. The molecule has 1 aromatic rings. The molecule has 6 heteroatoms. The van der Waals surface area contributed by atoms with Crippen LogP contribution in [0.4, 0.5) is 5.82 Å². The maximum atomic E-state index is 11.5. The number of aromatic nitrogens is 1. The van der Waals surface area contributed by atoms with E-state index in [0.29, 0.717) is 17.3 Å². The maximum absolute atomic E-state index is 11.5. The van der Waals surface area contributed by atoms with Gasteiger partial charge in [0, 0.05) is 32.2 Å². The highest BCUT2D eigenvalue weighted by atomic mass is 16.5. The number of nitrogens with zero attached hydrogens (tertiary/aromatic N) is 3. The van der Waals surface area contributed by atoms with Crippen molar-refractivity contribution in [2.45, 2.75) is 13.0 Å². The molecule has 21 heavy (non-hydrogen) atoms. The van der Waals surface area contributed by atoms with E-state index >= 15 is 0 Å². The fraction of sp³-hybridized carbons (Fsp3) is 0.600. The number of aryl methyl sites for hydroxylation is 1. The van der Waals surface area contributed by atoms with Crippen molar-refractivity contribution in [3.63, 3.8) is 0 Å². The zero-order valence-electron chi connectivity index (χ0n) is 13.2. The number of piperazine rings is 1. The van der Waals surface area contributed by atoms with Crippen LogP contribution in [0.15, 0.2) is 12.1 Å². The summed E-state index contributed by atoms with van der Waals surface area (Å²) in [5.74, 6) is 0.446. The third-order valence-electron chi connectivity index (χ3n) is 3.99. The molecule has 0 spiro atoms. The summed E-state index contributed by atoms with van der Waals surface area (Å²) in [7, 11) is 5.68. The Hall–Kier alpha value is -1.66. The van der Waals surface area contributed by atoms with Gasteiger partial charge in [-0.1, -0.05) is 0 Å². The van der Waals surface area contributed by atoms with Crippen LogP contribution in [0.5, 0.6) is 0 Å². The van der Waals surface area contributed by atoms with Gasteiger partial charge in [0.05, 0.1) is 18.4 Å². The van der Waals surface area contributed by atoms with Crippen LogP contribution in [0, 0.1) is 6.92 Å². The molecule has 0 radical (unpaired) electrons. The predicted molar refractivity (Wildman–Crippen MR) is 82.7 cm³/mol. The smallest absolute Gasteiger partial charge is 0.339 e. The Bertz CT molecular complexity index is 506. The molecular formula is C15H24N4O2. The molecule has 0 amide bonds. The van der Waals surface area contributed by atoms with Gasteiger partial charge in [0.15, 0.2) is 0 Å². The molecule has 1 N–H and O–H groups in total. The van der Waals surface area contributed by atoms with Crippen LogP contribution in [0.2, 0.25) is 0 Å². The number of carbonyl (C=O) groups excluding carboxylic acids is 1. The molecule has 2 rings (SSSR count). The third-order valence-corrected chi connectivity index (χ3v) is 3.99. The summed E-state index contributed by atoms with van der Waals surface area (Å²) in [4.78, 5) is 20.7. The molecule has 1 aliphatic rings. The van der Waals surface area contributed by atoms with Crippen molar-refractivity contribution in [2.24, 2.45) is 0 Å². The second-order valence-corrected chi connectivity index (χ2v) is 5.60. The number of carbonyl (C=O) groups is 1. The van der Waals surface area contributed by atoms with E-state index in [4.69, 9.17) is 4.74 Å². The van der Waals surface area contributed by atoms with E-state index in [1.165, 1.54) is 7.11 Å². The summed E-state index contributed by atoms with van der Waals surface area (Å²) in [6.45, 7) is 5.89. The molecule has 0 aromatic carbocycles. The minimum atomic E-state index is -0.347. The Morgan fingerprint density at radius 1 is 1.43 bits per heavy atom. The third kappa shape index (κ3) is 3.92. The van der Waals surface area contributed by atoms with E-state index in [-0.39, 0.29) is 5.97 Å². The fourth-order valence-corrected chi connectivity index (χ4v) is 2.53. The van der Waals surface area contributed by atoms with Crippen molar-refractivity contribution in [3.05, 3.63) is 23.4 Å². The molecule has 116 valence electrons. The number of anilines is 1. The van der Waals surface area contributed by atoms with Crippen molar-refractivity contribution >= 4 is 11.8 Å². The number of nitrogens with one attached hydrogen (secondary N) is 1. The molecule has 0 saturated carbocycles. The van der Waals surface area contributed by atoms with Crippen LogP contribution in [0.1, 0.15) is 16.1 Å². The van der Waals surface area contributed by atoms with Gasteiger partial charge in [-0.2, -0.15) is 0 Å². The molecule has 1 unspecified atom stereocenters. The summed E-state index contributed by atoms with van der Waals surface area (Å²) in [6.07, 6.45) is 0. The normalized spacial score (nSPS) is 20.3. The van der Waals surface area contributed by atoms with Crippen LogP contribution in [-0.2, 0) is 4.74 Å². The number of hydrogen-bond donors (Lipinski definition) is 1. The monoisotopic (exact) mass is 292 g/mol. The first-order valence-corrected chi connectivity index (χ1v) is 7.20. The predicted octanol–water partition coefficient (Wildman–Crippen LogP) is 0.834. The number of hydrogen-bond acceptors (Lipinski definition) is 6. The van der Waals surface area contributed by atoms with Gasteiger partial charge < -0.3 is 15.0 Å². The number of ether oxygens (including phenoxy) is 1. The number of methoxy groups -OCH3 is 1. The van der Waals surface area contributed by atoms with Crippen molar-refractivity contribution in [1.29, 1.82) is 0 Å². The minimum Gasteiger partial charge on any atom is -0.465 e. The van der Waals surface area contributed by atoms with Gasteiger partial charge in [0.2, 0.25) is 0 Å². The van der Waals surface area contributed by atoms with Crippen molar-refractivity contribution in [1.82, 2.24) is 14.8 Å². The first-order valence-electron chi connectivity index (χ1n) is 7.20. The zero-order valence-corrected chi connectivity index (χ0v) is 13.2. The molecule has 1 aliphatic heterocycles. The molecule has 0 aliphatic carbocycles. The van der Waals surface area contributed by atoms with Gasteiger partial charge in [0.1, 0.15) is 5.82 Å². The van der Waals surface area contributed by atoms with Gasteiger partial charge >= 0.3 is 5.97 Å². The average Bonchev–Trinajstić information content (AvgIpc) is 2.47. The molecule has 6 nitrogen and oxygen atoms in total. The van der Waals surface area contributed by atoms with Gasteiger partial charge in [-0.25, -0.2) is 9.78 Å². The Morgan fingerprint density at radius 3 is 2.86 bits per heavy atom. The maximum Gasteiger partial charge on any atom is 0.339 e. The van der Waals surface area contributed by atoms with Crippen LogP contribution in [0.3, 0.4) is 0 Å². The molecule has 2 heterocycles. The Morgan fingerprint density at radius 2 is 2.19 bits per heavy atom. The highest BCUT2D eigenvalue weighted by Gasteiger charge is 2.21. The van der Waals surface area contributed by atoms with E-state index in [0.717, 1.165) is 32.0 Å². The quantitative estimate of drug-likeness (QED) is 0.830. The summed E-state index contributed by atoms with van der Waals surface area (Å²) in [5, 5.41) is 3.36. The summed E-state index contributed by atoms with van der Waals surface area (Å²) in [5.41, 5.74) is 1.19. The van der Waals surface area contributed by atoms with Gasteiger partial charge in [-0.3, -0.25) is 4.90 Å². The minimum absolute atomic E-state index is 0.347. The second kappa shape index (κ2) is 6.87. The van der Waals surface area contributed by atoms with E-state index in [1.54, 1.807) is 6.07 Å². The van der Waals surface area contributed by atoms with Crippen LogP contribution >= 0.6 is 0 Å². The van der Waals surface area contributed by atoms with E-state index in [9.17, 15) is 4.79 Å². The lowest BCUT2D eigenvalue weighted by atomic mass is 10.2. The van der Waals surface area contributed by atoms with Crippen molar-refractivity contribution in [3.8, 4) is 0 Å². The summed E-state index contributed by atoms with van der Waals surface area (Å²) in [6, 6.07) is 4.05. The molecule has 1 atom stereocenters. The van der Waals surface area contributed by atoms with E-state index < -0.39 is 0 Å². The lowest BCUT2D eigenvalue weighted by molar-refractivity contribution is 0.0599. The highest BCUT2D eigenvalue weighted by Crippen LogP contribution is 2.13. The Balaban J connectivity index is 1.97. The first-order chi connectivity index (χ1) is 10.0. The van der Waals surface area contributed by atoms with Gasteiger partial charge in [-0.15, -0.1) is 0 Å². The second-order valence-electron chi connectivity index (χ2n) is 5.60. The Labute approximate surface area is 126 Å². The molecule has 0 bridgehead atoms. The molecule has 1 aromatic heterocycles. The lowest BCUT2D eigenvalue weighted by Gasteiger charge is -2.37. The summed E-state index contributed by atoms with van der Waals surface area (Å²) < 4.78 is 4.73. The van der Waals surface area contributed by atoms with Crippen LogP contribution < -0.4 is 5.32 Å². The number of likely N-dealkylation sites (N-methyl/N-ethyl adjacent to an activating group) is 2.